The van der Waals surface area contributed by atoms with Gasteiger partial charge in [-0.3, -0.25) is 9.79 Å². The second kappa shape index (κ2) is 5.26. The van der Waals surface area contributed by atoms with E-state index in [0.717, 1.165) is 12.1 Å². The third kappa shape index (κ3) is 3.18. The number of rotatable bonds is 3. The number of hydrogen-bond acceptors (Lipinski definition) is 2. The quantitative estimate of drug-likeness (QED) is 0.911. The summed E-state index contributed by atoms with van der Waals surface area (Å²) in [5.74, 6) is 0.295. The Hall–Kier alpha value is -1.85. The highest BCUT2D eigenvalue weighted by Crippen LogP contribution is 2.29. The van der Waals surface area contributed by atoms with Crippen molar-refractivity contribution in [2.45, 2.75) is 32.5 Å². The Morgan fingerprint density at radius 3 is 2.60 bits per heavy atom. The van der Waals surface area contributed by atoms with E-state index in [-0.39, 0.29) is 18.2 Å². The highest BCUT2D eigenvalue weighted by molar-refractivity contribution is 6.06. The summed E-state index contributed by atoms with van der Waals surface area (Å²) in [5, 5.41) is 2.62. The molecule has 1 N–H and O–H groups in total. The van der Waals surface area contributed by atoms with Crippen LogP contribution in [0.2, 0.25) is 0 Å². The van der Waals surface area contributed by atoms with E-state index in [1.165, 1.54) is 6.07 Å². The molecule has 0 bridgehead atoms. The predicted molar refractivity (Wildman–Crippen MR) is 69.4 cm³/mol. The van der Waals surface area contributed by atoms with Crippen molar-refractivity contribution in [3.05, 3.63) is 35.4 Å². The van der Waals surface area contributed by atoms with E-state index in [1.807, 2.05) is 13.8 Å². The first-order valence-electron chi connectivity index (χ1n) is 6.31. The molecule has 0 aromatic heterocycles. The zero-order valence-corrected chi connectivity index (χ0v) is 11.2. The van der Waals surface area contributed by atoms with Crippen molar-refractivity contribution in [1.82, 2.24) is 5.32 Å². The summed E-state index contributed by atoms with van der Waals surface area (Å²) in [5.41, 5.74) is -0.219. The van der Waals surface area contributed by atoms with Crippen molar-refractivity contribution < 1.29 is 18.0 Å². The maximum absolute atomic E-state index is 12.6. The van der Waals surface area contributed by atoms with Crippen molar-refractivity contribution in [3.8, 4) is 0 Å². The van der Waals surface area contributed by atoms with Gasteiger partial charge in [-0.05, 0) is 17.5 Å². The number of nitrogens with zero attached hydrogens (tertiary/aromatic N) is 1. The Balaban J connectivity index is 2.16. The first kappa shape index (κ1) is 14.6. The Morgan fingerprint density at radius 2 is 2.05 bits per heavy atom. The highest BCUT2D eigenvalue weighted by atomic mass is 19.4. The lowest BCUT2D eigenvalue weighted by Crippen LogP contribution is -2.31. The van der Waals surface area contributed by atoms with Gasteiger partial charge in [0.1, 0.15) is 11.9 Å². The summed E-state index contributed by atoms with van der Waals surface area (Å²) in [6.45, 7) is 3.75. The van der Waals surface area contributed by atoms with Crippen LogP contribution in [0.3, 0.4) is 0 Å². The van der Waals surface area contributed by atoms with Crippen molar-refractivity contribution in [2.24, 2.45) is 10.9 Å². The number of amides is 1. The SMILES string of the molecule is CC(C)C1N=C(Cc2cccc(C(F)(F)F)c2)NC1=O. The van der Waals surface area contributed by atoms with Gasteiger partial charge in [0.15, 0.2) is 0 Å². The van der Waals surface area contributed by atoms with Gasteiger partial charge in [0.25, 0.3) is 0 Å². The molecule has 1 aliphatic heterocycles. The Labute approximate surface area is 114 Å². The van der Waals surface area contributed by atoms with Crippen molar-refractivity contribution in [2.75, 3.05) is 0 Å². The van der Waals surface area contributed by atoms with Gasteiger partial charge >= 0.3 is 6.18 Å². The van der Waals surface area contributed by atoms with Crippen LogP contribution in [0.15, 0.2) is 29.3 Å². The molecule has 20 heavy (non-hydrogen) atoms. The van der Waals surface area contributed by atoms with Gasteiger partial charge in [0.05, 0.1) is 5.56 Å². The monoisotopic (exact) mass is 284 g/mol. The van der Waals surface area contributed by atoms with Crippen LogP contribution in [0.5, 0.6) is 0 Å². The molecule has 108 valence electrons. The van der Waals surface area contributed by atoms with E-state index in [1.54, 1.807) is 6.07 Å². The van der Waals surface area contributed by atoms with Gasteiger partial charge in [0, 0.05) is 6.42 Å². The molecular formula is C14H15F3N2O. The lowest BCUT2D eigenvalue weighted by molar-refractivity contribution is -0.137. The molecule has 6 heteroatoms. The molecule has 0 saturated heterocycles. The van der Waals surface area contributed by atoms with Crippen LogP contribution in [-0.4, -0.2) is 17.8 Å². The fourth-order valence-corrected chi connectivity index (χ4v) is 2.07. The van der Waals surface area contributed by atoms with Gasteiger partial charge in [-0.15, -0.1) is 0 Å². The fourth-order valence-electron chi connectivity index (χ4n) is 2.07. The van der Waals surface area contributed by atoms with Crippen LogP contribution in [0.4, 0.5) is 13.2 Å². The molecule has 1 atom stereocenters. The number of halogens is 3. The van der Waals surface area contributed by atoms with Gasteiger partial charge in [-0.2, -0.15) is 13.2 Å². The van der Waals surface area contributed by atoms with E-state index >= 15 is 0 Å². The lowest BCUT2D eigenvalue weighted by atomic mass is 10.1. The number of amidine groups is 1. The number of alkyl halides is 3. The molecule has 1 aromatic rings. The molecule has 1 heterocycles. The summed E-state index contributed by atoms with van der Waals surface area (Å²) in [4.78, 5) is 15.9. The minimum Gasteiger partial charge on any atom is -0.312 e. The van der Waals surface area contributed by atoms with Crippen LogP contribution in [0.25, 0.3) is 0 Å². The van der Waals surface area contributed by atoms with Crippen LogP contribution >= 0.6 is 0 Å². The Morgan fingerprint density at radius 1 is 1.35 bits per heavy atom. The summed E-state index contributed by atoms with van der Waals surface area (Å²) in [6, 6.07) is 4.60. The summed E-state index contributed by atoms with van der Waals surface area (Å²) >= 11 is 0. The Bertz CT molecular complexity index is 550. The molecule has 1 unspecified atom stereocenters. The largest absolute Gasteiger partial charge is 0.416 e. The molecule has 1 aromatic carbocycles. The van der Waals surface area contributed by atoms with E-state index < -0.39 is 17.8 Å². The van der Waals surface area contributed by atoms with E-state index in [9.17, 15) is 18.0 Å². The molecule has 1 aliphatic rings. The topological polar surface area (TPSA) is 41.5 Å². The Kier molecular flexibility index (Phi) is 3.83. The van der Waals surface area contributed by atoms with Crippen LogP contribution in [0.1, 0.15) is 25.0 Å². The molecule has 0 spiro atoms. The minimum atomic E-state index is -4.36. The second-order valence-electron chi connectivity index (χ2n) is 5.13. The zero-order chi connectivity index (χ0) is 14.9. The lowest BCUT2D eigenvalue weighted by Gasteiger charge is -2.08. The number of hydrogen-bond donors (Lipinski definition) is 1. The molecule has 0 radical (unpaired) electrons. The molecule has 0 fully saturated rings. The van der Waals surface area contributed by atoms with E-state index in [2.05, 4.69) is 10.3 Å². The maximum atomic E-state index is 12.6. The predicted octanol–water partition coefficient (Wildman–Crippen LogP) is 2.80. The summed E-state index contributed by atoms with van der Waals surface area (Å²) < 4.78 is 37.8. The van der Waals surface area contributed by atoms with Gasteiger partial charge < -0.3 is 5.32 Å². The van der Waals surface area contributed by atoms with Crippen molar-refractivity contribution in [3.63, 3.8) is 0 Å². The number of benzene rings is 1. The molecular weight excluding hydrogens is 269 g/mol. The smallest absolute Gasteiger partial charge is 0.312 e. The molecule has 2 rings (SSSR count). The molecule has 0 aliphatic carbocycles. The average molecular weight is 284 g/mol. The van der Waals surface area contributed by atoms with Crippen LogP contribution in [0, 0.1) is 5.92 Å². The zero-order valence-electron chi connectivity index (χ0n) is 11.2. The normalized spacial score (nSPS) is 19.2. The highest BCUT2D eigenvalue weighted by Gasteiger charge is 2.31. The molecule has 3 nitrogen and oxygen atoms in total. The van der Waals surface area contributed by atoms with Crippen molar-refractivity contribution >= 4 is 11.7 Å². The standard InChI is InChI=1S/C14H15F3N2O/c1-8(2)12-13(20)19-11(18-12)7-9-4-3-5-10(6-9)14(15,16)17/h3-6,8,12H,7H2,1-2H3,(H,18,19,20). The third-order valence-electron chi connectivity index (χ3n) is 3.09. The number of carbonyl (C=O) groups is 1. The second-order valence-corrected chi connectivity index (χ2v) is 5.13. The van der Waals surface area contributed by atoms with Crippen molar-refractivity contribution in [1.29, 1.82) is 0 Å². The number of aliphatic imine (C=N–C) groups is 1. The summed E-state index contributed by atoms with van der Waals surface area (Å²) in [7, 11) is 0. The fraction of sp³-hybridized carbons (Fsp3) is 0.429. The van der Waals surface area contributed by atoms with E-state index in [4.69, 9.17) is 0 Å². The van der Waals surface area contributed by atoms with Gasteiger partial charge in [-0.25, -0.2) is 0 Å². The first-order valence-corrected chi connectivity index (χ1v) is 6.31. The van der Waals surface area contributed by atoms with Crippen LogP contribution < -0.4 is 5.32 Å². The summed E-state index contributed by atoms with van der Waals surface area (Å²) in [6.07, 6.45) is -4.17. The maximum Gasteiger partial charge on any atom is 0.416 e. The minimum absolute atomic E-state index is 0.0639. The first-order chi connectivity index (χ1) is 9.27. The van der Waals surface area contributed by atoms with E-state index in [0.29, 0.717) is 11.4 Å². The molecule has 0 saturated carbocycles. The van der Waals surface area contributed by atoms with Gasteiger partial charge in [-0.1, -0.05) is 32.0 Å². The number of carbonyl (C=O) groups excluding carboxylic acids is 1. The third-order valence-corrected chi connectivity index (χ3v) is 3.09. The number of nitrogens with one attached hydrogen (secondary N) is 1. The molecule has 1 amide bonds. The van der Waals surface area contributed by atoms with Crippen LogP contribution in [-0.2, 0) is 17.4 Å². The average Bonchev–Trinajstić information content (AvgIpc) is 2.69. The van der Waals surface area contributed by atoms with Gasteiger partial charge in [0.2, 0.25) is 5.91 Å².